The van der Waals surface area contributed by atoms with Crippen LogP contribution in [0.3, 0.4) is 0 Å². The molecule has 4 nitrogen and oxygen atoms in total. The van der Waals surface area contributed by atoms with Crippen molar-refractivity contribution in [1.82, 2.24) is 14.8 Å². The molecule has 0 aliphatic heterocycles. The molecule has 0 atom stereocenters. The Morgan fingerprint density at radius 3 is 2.03 bits per heavy atom. The van der Waals surface area contributed by atoms with Crippen molar-refractivity contribution in [2.45, 2.75) is 33.1 Å². The molecule has 1 aromatic heterocycles. The van der Waals surface area contributed by atoms with Crippen molar-refractivity contribution < 1.29 is 4.74 Å². The number of methoxy groups -OCH3 is 1. The first kappa shape index (κ1) is 19.9. The van der Waals surface area contributed by atoms with E-state index >= 15 is 0 Å². The second-order valence-electron chi connectivity index (χ2n) is 8.55. The van der Waals surface area contributed by atoms with Crippen LogP contribution in [-0.4, -0.2) is 21.9 Å². The fourth-order valence-corrected chi connectivity index (χ4v) is 3.53. The molecule has 30 heavy (non-hydrogen) atoms. The van der Waals surface area contributed by atoms with Crippen LogP contribution in [0, 0.1) is 6.92 Å². The average molecular weight is 398 g/mol. The fraction of sp³-hybridized carbons (Fsp3) is 0.231. The summed E-state index contributed by atoms with van der Waals surface area (Å²) in [6.07, 6.45) is 0. The smallest absolute Gasteiger partial charge is 0.172 e. The standard InChI is InChI=1S/C26H27N3O/c1-18-10-16-21(17-11-18)29-24(19-12-14-20(15-13-19)26(2,3)4)27-28-25(29)22-8-6-7-9-23(22)30-5/h6-17H,1-5H3. The van der Waals surface area contributed by atoms with E-state index in [1.165, 1.54) is 11.1 Å². The minimum Gasteiger partial charge on any atom is -0.496 e. The van der Waals surface area contributed by atoms with Crippen LogP contribution in [0.5, 0.6) is 5.75 Å². The van der Waals surface area contributed by atoms with Gasteiger partial charge in [-0.2, -0.15) is 0 Å². The van der Waals surface area contributed by atoms with Gasteiger partial charge in [-0.1, -0.05) is 74.9 Å². The Morgan fingerprint density at radius 2 is 1.40 bits per heavy atom. The lowest BCUT2D eigenvalue weighted by atomic mass is 9.86. The summed E-state index contributed by atoms with van der Waals surface area (Å²) in [5, 5.41) is 9.16. The Balaban J connectivity index is 1.92. The Hall–Kier alpha value is -3.40. The Morgan fingerprint density at radius 1 is 0.767 bits per heavy atom. The maximum atomic E-state index is 5.60. The third-order valence-corrected chi connectivity index (χ3v) is 5.31. The number of hydrogen-bond acceptors (Lipinski definition) is 3. The maximum absolute atomic E-state index is 5.60. The summed E-state index contributed by atoms with van der Waals surface area (Å²) < 4.78 is 7.70. The van der Waals surface area contributed by atoms with Gasteiger partial charge in [-0.3, -0.25) is 4.57 Å². The van der Waals surface area contributed by atoms with E-state index in [4.69, 9.17) is 4.74 Å². The van der Waals surface area contributed by atoms with Crippen molar-refractivity contribution in [2.24, 2.45) is 0 Å². The van der Waals surface area contributed by atoms with Crippen LogP contribution in [-0.2, 0) is 5.41 Å². The lowest BCUT2D eigenvalue weighted by Gasteiger charge is -2.19. The zero-order valence-corrected chi connectivity index (χ0v) is 18.2. The Kier molecular flexibility index (Phi) is 5.17. The molecule has 3 aromatic carbocycles. The molecule has 0 aliphatic rings. The van der Waals surface area contributed by atoms with Crippen LogP contribution in [0.1, 0.15) is 31.9 Å². The van der Waals surface area contributed by atoms with Gasteiger partial charge in [-0.25, -0.2) is 0 Å². The molecule has 0 bridgehead atoms. The zero-order chi connectivity index (χ0) is 21.3. The van der Waals surface area contributed by atoms with Crippen molar-refractivity contribution in [3.8, 4) is 34.2 Å². The number of nitrogens with zero attached hydrogens (tertiary/aromatic N) is 3. The van der Waals surface area contributed by atoms with Gasteiger partial charge in [-0.05, 0) is 42.2 Å². The lowest BCUT2D eigenvalue weighted by molar-refractivity contribution is 0.416. The predicted octanol–water partition coefficient (Wildman–Crippen LogP) is 6.22. The van der Waals surface area contributed by atoms with Crippen LogP contribution in [0.2, 0.25) is 0 Å². The van der Waals surface area contributed by atoms with Crippen molar-refractivity contribution in [3.05, 3.63) is 83.9 Å². The number of aryl methyl sites for hydroxylation is 1. The number of benzene rings is 3. The van der Waals surface area contributed by atoms with Crippen LogP contribution in [0.4, 0.5) is 0 Å². The molecule has 4 heteroatoms. The van der Waals surface area contributed by atoms with E-state index in [1.807, 2.05) is 24.3 Å². The van der Waals surface area contributed by atoms with Gasteiger partial charge in [0.05, 0.1) is 12.7 Å². The van der Waals surface area contributed by atoms with Crippen molar-refractivity contribution in [2.75, 3.05) is 7.11 Å². The van der Waals surface area contributed by atoms with Crippen LogP contribution in [0.15, 0.2) is 72.8 Å². The predicted molar refractivity (Wildman–Crippen MR) is 122 cm³/mol. The minimum atomic E-state index is 0.103. The van der Waals surface area contributed by atoms with E-state index in [9.17, 15) is 0 Å². The van der Waals surface area contributed by atoms with Gasteiger partial charge in [0.15, 0.2) is 11.6 Å². The first-order chi connectivity index (χ1) is 14.4. The highest BCUT2D eigenvalue weighted by Gasteiger charge is 2.20. The van der Waals surface area contributed by atoms with E-state index in [-0.39, 0.29) is 5.41 Å². The quantitative estimate of drug-likeness (QED) is 0.411. The highest BCUT2D eigenvalue weighted by atomic mass is 16.5. The summed E-state index contributed by atoms with van der Waals surface area (Å²) >= 11 is 0. The lowest BCUT2D eigenvalue weighted by Crippen LogP contribution is -2.10. The monoisotopic (exact) mass is 397 g/mol. The molecular weight excluding hydrogens is 370 g/mol. The molecule has 0 aliphatic carbocycles. The van der Waals surface area contributed by atoms with Gasteiger partial charge in [-0.15, -0.1) is 10.2 Å². The first-order valence-corrected chi connectivity index (χ1v) is 10.2. The molecule has 0 N–H and O–H groups in total. The summed E-state index contributed by atoms with van der Waals surface area (Å²) in [4.78, 5) is 0. The van der Waals surface area contributed by atoms with Crippen molar-refractivity contribution in [1.29, 1.82) is 0 Å². The van der Waals surface area contributed by atoms with Gasteiger partial charge < -0.3 is 4.74 Å². The highest BCUT2D eigenvalue weighted by molar-refractivity contribution is 5.71. The molecule has 0 amide bonds. The summed E-state index contributed by atoms with van der Waals surface area (Å²) in [6, 6.07) is 24.9. The zero-order valence-electron chi connectivity index (χ0n) is 18.2. The third-order valence-electron chi connectivity index (χ3n) is 5.31. The molecule has 4 rings (SSSR count). The van der Waals surface area contributed by atoms with Gasteiger partial charge in [0.25, 0.3) is 0 Å². The molecule has 0 fully saturated rings. The normalized spacial score (nSPS) is 11.5. The molecule has 0 unspecified atom stereocenters. The van der Waals surface area contributed by atoms with Gasteiger partial charge >= 0.3 is 0 Å². The molecule has 152 valence electrons. The Labute approximate surface area is 178 Å². The number of rotatable bonds is 4. The van der Waals surface area contributed by atoms with Gasteiger partial charge in [0.1, 0.15) is 5.75 Å². The number of para-hydroxylation sites is 1. The molecule has 0 spiro atoms. The molecule has 1 heterocycles. The molecule has 0 radical (unpaired) electrons. The Bertz CT molecular complexity index is 1150. The van der Waals surface area contributed by atoms with E-state index in [0.717, 1.165) is 34.2 Å². The maximum Gasteiger partial charge on any atom is 0.172 e. The van der Waals surface area contributed by atoms with E-state index < -0.39 is 0 Å². The van der Waals surface area contributed by atoms with Crippen LogP contribution >= 0.6 is 0 Å². The summed E-state index contributed by atoms with van der Waals surface area (Å²) in [6.45, 7) is 8.74. The number of ether oxygens (including phenoxy) is 1. The van der Waals surface area contributed by atoms with Gasteiger partial charge in [0, 0.05) is 11.3 Å². The van der Waals surface area contributed by atoms with Gasteiger partial charge in [0.2, 0.25) is 0 Å². The van der Waals surface area contributed by atoms with E-state index in [0.29, 0.717) is 0 Å². The largest absolute Gasteiger partial charge is 0.496 e. The summed E-state index contributed by atoms with van der Waals surface area (Å²) in [5.41, 5.74) is 5.55. The molecule has 0 saturated carbocycles. The van der Waals surface area contributed by atoms with Crippen LogP contribution < -0.4 is 4.74 Å². The number of hydrogen-bond donors (Lipinski definition) is 0. The summed E-state index contributed by atoms with van der Waals surface area (Å²) in [7, 11) is 1.68. The second kappa shape index (κ2) is 7.79. The third kappa shape index (κ3) is 3.73. The fourth-order valence-electron chi connectivity index (χ4n) is 3.53. The average Bonchev–Trinajstić information content (AvgIpc) is 3.18. The van der Waals surface area contributed by atoms with Crippen molar-refractivity contribution >= 4 is 0 Å². The second-order valence-corrected chi connectivity index (χ2v) is 8.55. The topological polar surface area (TPSA) is 39.9 Å². The number of aromatic nitrogens is 3. The molecule has 0 saturated heterocycles. The van der Waals surface area contributed by atoms with E-state index in [1.54, 1.807) is 7.11 Å². The first-order valence-electron chi connectivity index (χ1n) is 10.2. The van der Waals surface area contributed by atoms with Crippen LogP contribution in [0.25, 0.3) is 28.5 Å². The molecule has 4 aromatic rings. The van der Waals surface area contributed by atoms with E-state index in [2.05, 4.69) is 91.0 Å². The molecular formula is C26H27N3O. The summed E-state index contributed by atoms with van der Waals surface area (Å²) in [5.74, 6) is 2.33. The highest BCUT2D eigenvalue weighted by Crippen LogP contribution is 2.34. The van der Waals surface area contributed by atoms with Crippen molar-refractivity contribution in [3.63, 3.8) is 0 Å². The minimum absolute atomic E-state index is 0.103. The SMILES string of the molecule is COc1ccccc1-c1nnc(-c2ccc(C(C)(C)C)cc2)n1-c1ccc(C)cc1.